The fourth-order valence-electron chi connectivity index (χ4n) is 5.46. The average molecular weight is 435 g/mol. The maximum Gasteiger partial charge on any atom is 0.237 e. The van der Waals surface area contributed by atoms with Crippen LogP contribution in [-0.4, -0.2) is 70.4 Å². The van der Waals surface area contributed by atoms with E-state index in [0.717, 1.165) is 92.5 Å². The minimum atomic E-state index is -0.546. The van der Waals surface area contributed by atoms with E-state index in [1.165, 1.54) is 17.7 Å². The van der Waals surface area contributed by atoms with Crippen molar-refractivity contribution in [3.8, 4) is 11.5 Å². The molecule has 6 rings (SSSR count). The van der Waals surface area contributed by atoms with Crippen molar-refractivity contribution in [3.05, 3.63) is 29.0 Å². The van der Waals surface area contributed by atoms with E-state index < -0.39 is 5.41 Å². The molecule has 1 amide bonds. The number of aromatic amines is 2. The number of hydrogen-bond acceptors (Lipinski definition) is 5. The summed E-state index contributed by atoms with van der Waals surface area (Å²) in [5.41, 5.74) is 6.84. The molecule has 1 saturated heterocycles. The lowest BCUT2D eigenvalue weighted by Gasteiger charge is -2.27. The van der Waals surface area contributed by atoms with Crippen molar-refractivity contribution in [3.63, 3.8) is 0 Å². The highest BCUT2D eigenvalue weighted by atomic mass is 16.5. The molecule has 2 N–H and O–H groups in total. The zero-order valence-electron chi connectivity index (χ0n) is 18.8. The third kappa shape index (κ3) is 3.08. The topological polar surface area (TPSA) is 90.1 Å². The van der Waals surface area contributed by atoms with Gasteiger partial charge in [-0.2, -0.15) is 5.10 Å². The Morgan fingerprint density at radius 2 is 2.00 bits per heavy atom. The van der Waals surface area contributed by atoms with E-state index in [1.54, 1.807) is 0 Å². The molecule has 8 heteroatoms. The summed E-state index contributed by atoms with van der Waals surface area (Å²) in [4.78, 5) is 26.0. The number of fused-ring (bicyclic) bond motifs is 3. The van der Waals surface area contributed by atoms with Crippen molar-refractivity contribution in [2.75, 3.05) is 44.3 Å². The Labute approximate surface area is 187 Å². The van der Waals surface area contributed by atoms with Crippen molar-refractivity contribution < 1.29 is 9.53 Å². The van der Waals surface area contributed by atoms with Gasteiger partial charge in [-0.05, 0) is 57.2 Å². The van der Waals surface area contributed by atoms with Crippen LogP contribution in [0, 0.1) is 0 Å². The molecule has 1 aromatic carbocycles. The molecule has 0 saturated carbocycles. The molecular formula is C24H30N6O2. The summed E-state index contributed by atoms with van der Waals surface area (Å²) in [5.74, 6) is 0.985. The van der Waals surface area contributed by atoms with Gasteiger partial charge in [0.2, 0.25) is 5.91 Å². The number of morpholine rings is 1. The van der Waals surface area contributed by atoms with Gasteiger partial charge in [0.25, 0.3) is 0 Å². The summed E-state index contributed by atoms with van der Waals surface area (Å²) in [7, 11) is 0. The van der Waals surface area contributed by atoms with Crippen LogP contribution >= 0.6 is 0 Å². The van der Waals surface area contributed by atoms with E-state index in [1.807, 2.05) is 18.7 Å². The molecule has 0 spiro atoms. The molecular weight excluding hydrogens is 404 g/mol. The number of benzene rings is 1. The van der Waals surface area contributed by atoms with Crippen molar-refractivity contribution in [1.29, 1.82) is 0 Å². The molecule has 0 atom stereocenters. The number of nitrogens with zero attached hydrogens (tertiary/aromatic N) is 4. The van der Waals surface area contributed by atoms with Crippen LogP contribution < -0.4 is 4.90 Å². The normalized spacial score (nSPS) is 20.3. The van der Waals surface area contributed by atoms with Gasteiger partial charge in [-0.3, -0.25) is 14.8 Å². The molecule has 2 aliphatic heterocycles. The number of imidazole rings is 1. The van der Waals surface area contributed by atoms with E-state index in [-0.39, 0.29) is 5.91 Å². The summed E-state index contributed by atoms with van der Waals surface area (Å²) in [6, 6.07) is 4.20. The SMILES string of the molecule is CC1(C)C(=O)N(CCCN2CCOCC2)c2cc3[nH]c(-c4n[nH]c5c4CCC5)nc3cc21. The molecule has 168 valence electrons. The van der Waals surface area contributed by atoms with E-state index in [0.29, 0.717) is 0 Å². The van der Waals surface area contributed by atoms with Gasteiger partial charge in [0.05, 0.1) is 35.3 Å². The Bertz CT molecular complexity index is 1190. The Morgan fingerprint density at radius 3 is 2.84 bits per heavy atom. The van der Waals surface area contributed by atoms with Crippen LogP contribution in [0.15, 0.2) is 12.1 Å². The van der Waals surface area contributed by atoms with Gasteiger partial charge < -0.3 is 14.6 Å². The highest BCUT2D eigenvalue weighted by Gasteiger charge is 2.44. The van der Waals surface area contributed by atoms with E-state index in [2.05, 4.69) is 32.2 Å². The van der Waals surface area contributed by atoms with Crippen LogP contribution in [-0.2, 0) is 27.8 Å². The maximum absolute atomic E-state index is 13.3. The third-order valence-corrected chi connectivity index (χ3v) is 7.33. The minimum absolute atomic E-state index is 0.174. The summed E-state index contributed by atoms with van der Waals surface area (Å²) in [5, 5.41) is 7.70. The molecule has 8 nitrogen and oxygen atoms in total. The number of H-pyrrole nitrogens is 2. The second-order valence-electron chi connectivity index (χ2n) is 9.74. The first-order chi connectivity index (χ1) is 15.5. The van der Waals surface area contributed by atoms with E-state index in [9.17, 15) is 4.79 Å². The number of hydrogen-bond donors (Lipinski definition) is 2. The highest BCUT2D eigenvalue weighted by Crippen LogP contribution is 2.43. The standard InChI is InChI=1S/C24H30N6O2/c1-24(2)16-13-18-19(26-22(25-18)21-15-5-3-6-17(15)27-28-21)14-20(16)30(23(24)31)8-4-7-29-9-11-32-12-10-29/h13-14H,3-12H2,1-2H3,(H,25,26)(H,27,28). The molecule has 32 heavy (non-hydrogen) atoms. The van der Waals surface area contributed by atoms with Crippen LogP contribution in [0.2, 0.25) is 0 Å². The van der Waals surface area contributed by atoms with Gasteiger partial charge in [-0.15, -0.1) is 0 Å². The number of rotatable bonds is 5. The minimum Gasteiger partial charge on any atom is -0.379 e. The lowest BCUT2D eigenvalue weighted by molar-refractivity contribution is -0.122. The highest BCUT2D eigenvalue weighted by molar-refractivity contribution is 6.09. The zero-order valence-corrected chi connectivity index (χ0v) is 18.8. The van der Waals surface area contributed by atoms with Gasteiger partial charge in [0.15, 0.2) is 5.82 Å². The second-order valence-corrected chi connectivity index (χ2v) is 9.74. The Morgan fingerprint density at radius 1 is 1.16 bits per heavy atom. The van der Waals surface area contributed by atoms with E-state index >= 15 is 0 Å². The number of ether oxygens (including phenoxy) is 1. The zero-order chi connectivity index (χ0) is 21.9. The number of anilines is 1. The Balaban J connectivity index is 1.30. The van der Waals surface area contributed by atoms with Crippen LogP contribution in [0.25, 0.3) is 22.6 Å². The Kier molecular flexibility index (Phi) is 4.62. The predicted octanol–water partition coefficient (Wildman–Crippen LogP) is 2.79. The number of aromatic nitrogens is 4. The predicted molar refractivity (Wildman–Crippen MR) is 123 cm³/mol. The lowest BCUT2D eigenvalue weighted by atomic mass is 9.86. The number of aryl methyl sites for hydroxylation is 1. The van der Waals surface area contributed by atoms with Gasteiger partial charge in [0, 0.05) is 37.4 Å². The number of carbonyl (C=O) groups is 1. The molecule has 0 radical (unpaired) electrons. The number of nitrogens with one attached hydrogen (secondary N) is 2. The van der Waals surface area contributed by atoms with Crippen molar-refractivity contribution in [1.82, 2.24) is 25.1 Å². The number of amides is 1. The van der Waals surface area contributed by atoms with Crippen LogP contribution in [0.3, 0.4) is 0 Å². The second kappa shape index (κ2) is 7.42. The van der Waals surface area contributed by atoms with Crippen LogP contribution in [0.1, 0.15) is 43.5 Å². The third-order valence-electron chi connectivity index (χ3n) is 7.33. The molecule has 3 aromatic rings. The monoisotopic (exact) mass is 434 g/mol. The van der Waals surface area contributed by atoms with Crippen molar-refractivity contribution >= 4 is 22.6 Å². The summed E-state index contributed by atoms with van der Waals surface area (Å²) in [6.07, 6.45) is 4.23. The number of carbonyl (C=O) groups excluding carboxylic acids is 1. The maximum atomic E-state index is 13.3. The van der Waals surface area contributed by atoms with E-state index in [4.69, 9.17) is 9.72 Å². The first-order valence-electron chi connectivity index (χ1n) is 11.7. The van der Waals surface area contributed by atoms with Gasteiger partial charge >= 0.3 is 0 Å². The molecule has 0 bridgehead atoms. The molecule has 0 unspecified atom stereocenters. The van der Waals surface area contributed by atoms with Crippen LogP contribution in [0.5, 0.6) is 0 Å². The first kappa shape index (κ1) is 19.9. The van der Waals surface area contributed by atoms with Gasteiger partial charge in [-0.1, -0.05) is 0 Å². The molecule has 3 aliphatic rings. The van der Waals surface area contributed by atoms with Gasteiger partial charge in [0.1, 0.15) is 5.69 Å². The fraction of sp³-hybridized carbons (Fsp3) is 0.542. The molecule has 2 aromatic heterocycles. The summed E-state index contributed by atoms with van der Waals surface area (Å²) in [6.45, 7) is 9.33. The smallest absolute Gasteiger partial charge is 0.237 e. The average Bonchev–Trinajstić information content (AvgIpc) is 3.53. The quantitative estimate of drug-likeness (QED) is 0.645. The molecule has 1 aliphatic carbocycles. The molecule has 4 heterocycles. The van der Waals surface area contributed by atoms with Crippen LogP contribution in [0.4, 0.5) is 5.69 Å². The van der Waals surface area contributed by atoms with Crippen molar-refractivity contribution in [2.45, 2.75) is 44.9 Å². The lowest BCUT2D eigenvalue weighted by Crippen LogP contribution is -2.40. The van der Waals surface area contributed by atoms with Gasteiger partial charge in [-0.25, -0.2) is 4.98 Å². The largest absolute Gasteiger partial charge is 0.379 e. The fourth-order valence-corrected chi connectivity index (χ4v) is 5.46. The Hall–Kier alpha value is -2.71. The molecule has 1 fully saturated rings. The summed E-state index contributed by atoms with van der Waals surface area (Å²) < 4.78 is 5.44. The van der Waals surface area contributed by atoms with Crippen molar-refractivity contribution in [2.24, 2.45) is 0 Å². The first-order valence-corrected chi connectivity index (χ1v) is 11.7. The summed E-state index contributed by atoms with van der Waals surface area (Å²) >= 11 is 0.